The number of nitrogens with one attached hydrogen (secondary N) is 3. The molecule has 1 aliphatic carbocycles. The van der Waals surface area contributed by atoms with Crippen molar-refractivity contribution < 1.29 is 49.1 Å². The summed E-state index contributed by atoms with van der Waals surface area (Å²) in [5, 5.41) is 24.5. The van der Waals surface area contributed by atoms with Crippen LogP contribution in [0.3, 0.4) is 0 Å². The van der Waals surface area contributed by atoms with E-state index in [2.05, 4.69) is 37.4 Å². The van der Waals surface area contributed by atoms with E-state index >= 15 is 8.78 Å². The summed E-state index contributed by atoms with van der Waals surface area (Å²) < 4.78 is 130. The van der Waals surface area contributed by atoms with Crippen molar-refractivity contribution in [3.05, 3.63) is 93.0 Å². The lowest BCUT2D eigenvalue weighted by Gasteiger charge is -2.23. The molecule has 4 heterocycles. The molecule has 4 N–H and O–H groups in total. The van der Waals surface area contributed by atoms with E-state index in [0.29, 0.717) is 29.3 Å². The van der Waals surface area contributed by atoms with Gasteiger partial charge in [0, 0.05) is 49.2 Å². The third kappa shape index (κ3) is 8.60. The van der Waals surface area contributed by atoms with E-state index in [1.165, 1.54) is 36.9 Å². The average molecular weight is 867 g/mol. The summed E-state index contributed by atoms with van der Waals surface area (Å²) >= 11 is 6.58. The quantitative estimate of drug-likeness (QED) is 0.105. The lowest BCUT2D eigenvalue weighted by Crippen LogP contribution is -2.35. The first-order chi connectivity index (χ1) is 27.5. The maximum absolute atomic E-state index is 15.2. The highest BCUT2D eigenvalue weighted by molar-refractivity contribution is 7.92. The van der Waals surface area contributed by atoms with Crippen molar-refractivity contribution in [2.45, 2.75) is 62.4 Å². The molecule has 3 atom stereocenters. The Hall–Kier alpha value is -5.23. The molecule has 1 aliphatic heterocycles. The molecule has 0 spiro atoms. The van der Waals surface area contributed by atoms with Gasteiger partial charge >= 0.3 is 6.18 Å². The van der Waals surface area contributed by atoms with E-state index in [4.69, 9.17) is 16.6 Å². The monoisotopic (exact) mass is 866 g/mol. The number of aryl methyl sites for hydroxylation is 1. The Kier molecular flexibility index (Phi) is 10.7. The van der Waals surface area contributed by atoms with Gasteiger partial charge in [-0.2, -0.15) is 32.1 Å². The van der Waals surface area contributed by atoms with Crippen LogP contribution < -0.4 is 15.4 Å². The Morgan fingerprint density at radius 1 is 1.12 bits per heavy atom. The van der Waals surface area contributed by atoms with E-state index in [-0.39, 0.29) is 50.8 Å². The number of carbonyl (C=O) groups excluding carboxylic acids is 1. The van der Waals surface area contributed by atoms with E-state index in [1.807, 2.05) is 0 Å². The third-order valence-corrected chi connectivity index (χ3v) is 10.8. The molecule has 5 aromatic rings. The highest BCUT2D eigenvalue weighted by Gasteiger charge is 2.53. The standard InChI is InChI=1S/C38H34ClF7N8O4S/c1-19-16-37(42,43)34-29(19)33(38(44,45)46)50-54(34)17-28(55)49-27(14-20-12-21(40)15-22(41)13-20)31-24(5-4-23(48-31)8-9-36(56)10-11-47-18-36)25-6-7-26(39)30-32(25)53(2)51-35(30)52-59(3,57)58/h4-7,12-13,15,19,27,47,56H,10-11,14,16-18H2,1-3H3,(H,49,55)(H,51,52)/t19-,27?,36?/m0/s1. The number of sulfonamides is 1. The lowest BCUT2D eigenvalue weighted by molar-refractivity contribution is -0.142. The van der Waals surface area contributed by atoms with Crippen LogP contribution in [0, 0.1) is 23.5 Å². The van der Waals surface area contributed by atoms with Crippen LogP contribution in [0.25, 0.3) is 22.0 Å². The maximum Gasteiger partial charge on any atom is 0.435 e. The zero-order valence-corrected chi connectivity index (χ0v) is 32.9. The zero-order valence-electron chi connectivity index (χ0n) is 31.3. The summed E-state index contributed by atoms with van der Waals surface area (Å²) in [6, 6.07) is 7.19. The molecule has 1 fully saturated rings. The number of anilines is 1. The molecule has 21 heteroatoms. The predicted molar refractivity (Wildman–Crippen MR) is 202 cm³/mol. The third-order valence-electron chi connectivity index (χ3n) is 9.97. The first-order valence-corrected chi connectivity index (χ1v) is 20.2. The molecule has 0 bridgehead atoms. The topological polar surface area (TPSA) is 156 Å². The summed E-state index contributed by atoms with van der Waals surface area (Å²) in [5.41, 5.74) is -3.93. The van der Waals surface area contributed by atoms with Gasteiger partial charge in [-0.15, -0.1) is 0 Å². The van der Waals surface area contributed by atoms with Crippen LogP contribution in [0.1, 0.15) is 65.6 Å². The number of hydrogen-bond donors (Lipinski definition) is 4. The second-order valence-corrected chi connectivity index (χ2v) is 16.8. The van der Waals surface area contributed by atoms with E-state index in [9.17, 15) is 40.3 Å². The van der Waals surface area contributed by atoms with Crippen LogP contribution in [-0.4, -0.2) is 68.9 Å². The molecule has 1 amide bonds. The Morgan fingerprint density at radius 3 is 2.46 bits per heavy atom. The summed E-state index contributed by atoms with van der Waals surface area (Å²) in [6.07, 6.45) is -5.25. The Bertz CT molecular complexity index is 2660. The Balaban J connectivity index is 1.40. The lowest BCUT2D eigenvalue weighted by atomic mass is 9.93. The summed E-state index contributed by atoms with van der Waals surface area (Å²) in [5.74, 6) is -2.56. The van der Waals surface area contributed by atoms with Crippen molar-refractivity contribution in [1.29, 1.82) is 0 Å². The van der Waals surface area contributed by atoms with Gasteiger partial charge < -0.3 is 15.7 Å². The normalized spacial score (nSPS) is 19.4. The number of halogens is 8. The zero-order chi connectivity index (χ0) is 42.8. The molecule has 59 heavy (non-hydrogen) atoms. The highest BCUT2D eigenvalue weighted by atomic mass is 35.5. The molecule has 1 saturated heterocycles. The van der Waals surface area contributed by atoms with Crippen molar-refractivity contribution in [3.8, 4) is 23.0 Å². The van der Waals surface area contributed by atoms with Crippen LogP contribution in [-0.2, 0) is 46.9 Å². The minimum Gasteiger partial charge on any atom is -0.376 e. The summed E-state index contributed by atoms with van der Waals surface area (Å²) in [4.78, 5) is 18.7. The van der Waals surface area contributed by atoms with Gasteiger partial charge in [-0.1, -0.05) is 30.5 Å². The van der Waals surface area contributed by atoms with Crippen molar-refractivity contribution in [3.63, 3.8) is 0 Å². The van der Waals surface area contributed by atoms with Gasteiger partial charge in [0.05, 0.1) is 33.9 Å². The number of β-amino-alcohol motifs (C(OH)–C–C–N with tert-alkyl or cyclic N) is 1. The van der Waals surface area contributed by atoms with Gasteiger partial charge in [0.2, 0.25) is 15.9 Å². The SMILES string of the molecule is C[C@H]1CC(F)(F)c2c1c(C(F)(F)F)nn2CC(=O)NC(Cc1cc(F)cc(F)c1)c1nc(C#CC2(O)CCNC2)ccc1-c1ccc(Cl)c2c(NS(C)(=O)=O)nn(C)c12. The largest absolute Gasteiger partial charge is 0.435 e. The van der Waals surface area contributed by atoms with Crippen molar-refractivity contribution in [2.75, 3.05) is 24.1 Å². The minimum atomic E-state index is -5.11. The Morgan fingerprint density at radius 2 is 1.81 bits per heavy atom. The van der Waals surface area contributed by atoms with Crippen molar-refractivity contribution >= 4 is 44.3 Å². The number of amides is 1. The number of rotatable bonds is 9. The number of benzene rings is 2. The molecule has 2 aromatic carbocycles. The molecular formula is C38H34ClF7N8O4S. The molecule has 7 rings (SSSR count). The molecular weight excluding hydrogens is 833 g/mol. The van der Waals surface area contributed by atoms with Crippen LogP contribution in [0.5, 0.6) is 0 Å². The number of aliphatic hydroxyl groups is 1. The smallest absolute Gasteiger partial charge is 0.376 e. The number of aromatic nitrogens is 5. The van der Waals surface area contributed by atoms with Gasteiger partial charge in [-0.3, -0.25) is 18.9 Å². The van der Waals surface area contributed by atoms with Crippen LogP contribution in [0.2, 0.25) is 5.02 Å². The maximum atomic E-state index is 15.2. The van der Waals surface area contributed by atoms with E-state index in [1.54, 1.807) is 6.07 Å². The van der Waals surface area contributed by atoms with Crippen molar-refractivity contribution in [1.82, 2.24) is 35.2 Å². The molecule has 0 saturated carbocycles. The second-order valence-electron chi connectivity index (χ2n) is 14.7. The van der Waals surface area contributed by atoms with Gasteiger partial charge in [0.25, 0.3) is 5.92 Å². The average Bonchev–Trinajstić information content (AvgIpc) is 3.86. The van der Waals surface area contributed by atoms with Gasteiger partial charge in [-0.25, -0.2) is 22.2 Å². The van der Waals surface area contributed by atoms with Crippen LogP contribution >= 0.6 is 11.6 Å². The molecule has 3 aromatic heterocycles. The number of fused-ring (bicyclic) bond motifs is 2. The first-order valence-electron chi connectivity index (χ1n) is 17.9. The molecule has 0 radical (unpaired) electrons. The molecule has 12 nitrogen and oxygen atoms in total. The number of hydrogen-bond acceptors (Lipinski definition) is 8. The van der Waals surface area contributed by atoms with Gasteiger partial charge in [-0.05, 0) is 60.7 Å². The fourth-order valence-corrected chi connectivity index (χ4v) is 8.37. The Labute approximate surface area is 337 Å². The number of nitrogens with zero attached hydrogens (tertiary/aromatic N) is 5. The fourth-order valence-electron chi connectivity index (χ4n) is 7.64. The predicted octanol–water partition coefficient (Wildman–Crippen LogP) is 5.93. The van der Waals surface area contributed by atoms with Crippen LogP contribution in [0.15, 0.2) is 42.5 Å². The van der Waals surface area contributed by atoms with E-state index in [0.717, 1.165) is 18.4 Å². The summed E-state index contributed by atoms with van der Waals surface area (Å²) in [7, 11) is -2.36. The highest BCUT2D eigenvalue weighted by Crippen LogP contribution is 2.52. The van der Waals surface area contributed by atoms with Gasteiger partial charge in [0.15, 0.2) is 11.5 Å². The molecule has 2 aliphatic rings. The van der Waals surface area contributed by atoms with Crippen molar-refractivity contribution in [2.24, 2.45) is 7.05 Å². The van der Waals surface area contributed by atoms with Gasteiger partial charge in [0.1, 0.15) is 35.2 Å². The summed E-state index contributed by atoms with van der Waals surface area (Å²) in [6.45, 7) is 0.740. The first kappa shape index (κ1) is 41.9. The fraction of sp³-hybridized carbons (Fsp3) is 0.368. The minimum absolute atomic E-state index is 0.00972. The molecule has 2 unspecified atom stereocenters. The number of pyridine rings is 1. The van der Waals surface area contributed by atoms with Crippen LogP contribution in [0.4, 0.5) is 36.6 Å². The second kappa shape index (κ2) is 15.1. The molecule has 312 valence electrons. The van der Waals surface area contributed by atoms with E-state index < -0.39 is 93.6 Å². The number of alkyl halides is 5. The number of carbonyl (C=O) groups is 1.